The van der Waals surface area contributed by atoms with E-state index in [9.17, 15) is 4.79 Å². The summed E-state index contributed by atoms with van der Waals surface area (Å²) < 4.78 is 16.7. The molecule has 4 heteroatoms. The quantitative estimate of drug-likeness (QED) is 0.490. The molecule has 0 fully saturated rings. The number of rotatable bonds is 1. The summed E-state index contributed by atoms with van der Waals surface area (Å²) in [5.41, 5.74) is 1.31. The summed E-state index contributed by atoms with van der Waals surface area (Å²) in [6.45, 7) is 0.215. The highest BCUT2D eigenvalue weighted by molar-refractivity contribution is 6.05. The molecule has 0 amide bonds. The molecule has 1 aliphatic heterocycles. The second-order valence-corrected chi connectivity index (χ2v) is 5.70. The molecule has 4 aromatic rings. The molecule has 5 rings (SSSR count). The van der Waals surface area contributed by atoms with Crippen LogP contribution >= 0.6 is 0 Å². The van der Waals surface area contributed by atoms with Crippen molar-refractivity contribution in [1.29, 1.82) is 0 Å². The minimum Gasteiger partial charge on any atom is -0.456 e. The molecule has 0 atom stereocenters. The molecule has 4 nitrogen and oxygen atoms in total. The molecular formula is C20H12O4. The van der Waals surface area contributed by atoms with Crippen molar-refractivity contribution in [1.82, 2.24) is 0 Å². The van der Waals surface area contributed by atoms with Gasteiger partial charge in [0.1, 0.15) is 11.3 Å². The summed E-state index contributed by atoms with van der Waals surface area (Å²) in [7, 11) is 0. The first-order valence-corrected chi connectivity index (χ1v) is 7.65. The lowest BCUT2D eigenvalue weighted by atomic mass is 10.0. The van der Waals surface area contributed by atoms with Gasteiger partial charge in [0.2, 0.25) is 6.79 Å². The molecular weight excluding hydrogens is 304 g/mol. The van der Waals surface area contributed by atoms with Gasteiger partial charge < -0.3 is 13.9 Å². The van der Waals surface area contributed by atoms with Crippen molar-refractivity contribution in [2.45, 2.75) is 0 Å². The Kier molecular flexibility index (Phi) is 2.67. The number of hydrogen-bond acceptors (Lipinski definition) is 4. The Labute approximate surface area is 136 Å². The SMILES string of the molecule is O=c1cc(-c2ccc3c(c2)OCO3)oc2ccc3ccccc3c12. The average Bonchev–Trinajstić information content (AvgIpc) is 3.08. The van der Waals surface area contributed by atoms with E-state index in [-0.39, 0.29) is 12.2 Å². The topological polar surface area (TPSA) is 48.7 Å². The third-order valence-corrected chi connectivity index (χ3v) is 4.28. The van der Waals surface area contributed by atoms with E-state index in [0.29, 0.717) is 28.2 Å². The van der Waals surface area contributed by atoms with E-state index in [0.717, 1.165) is 16.3 Å². The van der Waals surface area contributed by atoms with E-state index in [1.54, 1.807) is 0 Å². The largest absolute Gasteiger partial charge is 0.456 e. The number of benzene rings is 3. The molecule has 0 N–H and O–H groups in total. The monoisotopic (exact) mass is 316 g/mol. The number of fused-ring (bicyclic) bond motifs is 4. The molecule has 0 unspecified atom stereocenters. The van der Waals surface area contributed by atoms with Gasteiger partial charge in [-0.25, -0.2) is 0 Å². The molecule has 0 bridgehead atoms. The highest BCUT2D eigenvalue weighted by Crippen LogP contribution is 2.36. The van der Waals surface area contributed by atoms with Crippen LogP contribution in [0.2, 0.25) is 0 Å². The van der Waals surface area contributed by atoms with Crippen LogP contribution in [-0.4, -0.2) is 6.79 Å². The van der Waals surface area contributed by atoms with Crippen LogP contribution in [-0.2, 0) is 0 Å². The van der Waals surface area contributed by atoms with Gasteiger partial charge in [-0.05, 0) is 35.0 Å². The summed E-state index contributed by atoms with van der Waals surface area (Å²) in [5.74, 6) is 1.88. The molecule has 0 saturated carbocycles. The van der Waals surface area contributed by atoms with Gasteiger partial charge in [-0.1, -0.05) is 30.3 Å². The maximum absolute atomic E-state index is 12.7. The summed E-state index contributed by atoms with van der Waals surface area (Å²) in [5, 5.41) is 2.53. The zero-order valence-corrected chi connectivity index (χ0v) is 12.6. The fourth-order valence-electron chi connectivity index (χ4n) is 3.12. The van der Waals surface area contributed by atoms with Crippen LogP contribution < -0.4 is 14.9 Å². The first-order valence-electron chi connectivity index (χ1n) is 7.65. The van der Waals surface area contributed by atoms with Gasteiger partial charge in [0.15, 0.2) is 16.9 Å². The van der Waals surface area contributed by atoms with E-state index in [1.807, 2.05) is 54.6 Å². The molecule has 3 aromatic carbocycles. The molecule has 0 radical (unpaired) electrons. The Hall–Kier alpha value is -3.27. The molecule has 1 aliphatic rings. The molecule has 116 valence electrons. The average molecular weight is 316 g/mol. The fourth-order valence-corrected chi connectivity index (χ4v) is 3.12. The molecule has 2 heterocycles. The number of ether oxygens (including phenoxy) is 2. The lowest BCUT2D eigenvalue weighted by Gasteiger charge is -2.06. The van der Waals surface area contributed by atoms with Gasteiger partial charge in [-0.3, -0.25) is 4.79 Å². The van der Waals surface area contributed by atoms with E-state index in [4.69, 9.17) is 13.9 Å². The number of hydrogen-bond donors (Lipinski definition) is 0. The van der Waals surface area contributed by atoms with Crippen molar-refractivity contribution < 1.29 is 13.9 Å². The Bertz CT molecular complexity index is 1160. The van der Waals surface area contributed by atoms with Crippen molar-refractivity contribution >= 4 is 21.7 Å². The Morgan fingerprint density at radius 3 is 2.67 bits per heavy atom. The van der Waals surface area contributed by atoms with Crippen molar-refractivity contribution in [3.63, 3.8) is 0 Å². The van der Waals surface area contributed by atoms with Crippen molar-refractivity contribution in [2.24, 2.45) is 0 Å². The second kappa shape index (κ2) is 4.86. The Morgan fingerprint density at radius 1 is 0.833 bits per heavy atom. The molecule has 0 spiro atoms. The lowest BCUT2D eigenvalue weighted by molar-refractivity contribution is 0.174. The van der Waals surface area contributed by atoms with Crippen molar-refractivity contribution in [3.8, 4) is 22.8 Å². The highest BCUT2D eigenvalue weighted by atomic mass is 16.7. The molecule has 24 heavy (non-hydrogen) atoms. The van der Waals surface area contributed by atoms with Gasteiger partial charge in [0.25, 0.3) is 0 Å². The first kappa shape index (κ1) is 13.2. The van der Waals surface area contributed by atoms with Crippen LogP contribution in [0.25, 0.3) is 33.1 Å². The van der Waals surface area contributed by atoms with E-state index < -0.39 is 0 Å². The predicted octanol–water partition coefficient (Wildman–Crippen LogP) is 4.34. The van der Waals surface area contributed by atoms with Crippen LogP contribution in [0.1, 0.15) is 0 Å². The lowest BCUT2D eigenvalue weighted by Crippen LogP contribution is -2.01. The highest BCUT2D eigenvalue weighted by Gasteiger charge is 2.16. The van der Waals surface area contributed by atoms with E-state index in [1.165, 1.54) is 6.07 Å². The summed E-state index contributed by atoms with van der Waals surface area (Å²) in [4.78, 5) is 12.7. The standard InChI is InChI=1S/C20H12O4/c21-15-10-18(13-6-7-16-19(9-13)23-11-22-16)24-17-8-5-12-3-1-2-4-14(12)20(15)17/h1-10H,11H2. The van der Waals surface area contributed by atoms with Crippen molar-refractivity contribution in [2.75, 3.05) is 6.79 Å². The van der Waals surface area contributed by atoms with Crippen LogP contribution in [0.5, 0.6) is 11.5 Å². The van der Waals surface area contributed by atoms with Gasteiger partial charge in [-0.15, -0.1) is 0 Å². The molecule has 0 aliphatic carbocycles. The Morgan fingerprint density at radius 2 is 1.71 bits per heavy atom. The van der Waals surface area contributed by atoms with Gasteiger partial charge in [0, 0.05) is 11.6 Å². The van der Waals surface area contributed by atoms with Crippen LogP contribution in [0.4, 0.5) is 0 Å². The third-order valence-electron chi connectivity index (χ3n) is 4.28. The normalized spacial score (nSPS) is 12.8. The fraction of sp³-hybridized carbons (Fsp3) is 0.0500. The van der Waals surface area contributed by atoms with E-state index in [2.05, 4.69) is 0 Å². The van der Waals surface area contributed by atoms with Crippen LogP contribution in [0.3, 0.4) is 0 Å². The minimum atomic E-state index is -0.0549. The maximum Gasteiger partial charge on any atom is 0.231 e. The van der Waals surface area contributed by atoms with Gasteiger partial charge in [0.05, 0.1) is 5.39 Å². The maximum atomic E-state index is 12.7. The zero-order valence-electron chi connectivity index (χ0n) is 12.6. The van der Waals surface area contributed by atoms with Crippen LogP contribution in [0.15, 0.2) is 69.9 Å². The van der Waals surface area contributed by atoms with Gasteiger partial charge in [-0.2, -0.15) is 0 Å². The molecule has 0 saturated heterocycles. The summed E-state index contributed by atoms with van der Waals surface area (Å²) in [6, 6.07) is 18.7. The van der Waals surface area contributed by atoms with Crippen LogP contribution in [0, 0.1) is 0 Å². The second-order valence-electron chi connectivity index (χ2n) is 5.70. The van der Waals surface area contributed by atoms with E-state index >= 15 is 0 Å². The summed E-state index contributed by atoms with van der Waals surface area (Å²) in [6.07, 6.45) is 0. The first-order chi connectivity index (χ1) is 11.8. The van der Waals surface area contributed by atoms with Crippen molar-refractivity contribution in [3.05, 3.63) is 70.9 Å². The molecule has 1 aromatic heterocycles. The minimum absolute atomic E-state index is 0.0549. The smallest absolute Gasteiger partial charge is 0.231 e. The predicted molar refractivity (Wildman–Crippen MR) is 91.5 cm³/mol. The Balaban J connectivity index is 1.76. The summed E-state index contributed by atoms with van der Waals surface area (Å²) >= 11 is 0. The zero-order chi connectivity index (χ0) is 16.1. The third kappa shape index (κ3) is 1.90. The van der Waals surface area contributed by atoms with Gasteiger partial charge >= 0.3 is 0 Å².